The summed E-state index contributed by atoms with van der Waals surface area (Å²) in [7, 11) is 0. The molecule has 4 aromatic rings. The lowest BCUT2D eigenvalue weighted by Gasteiger charge is -2.20. The maximum atomic E-state index is 15.7. The Morgan fingerprint density at radius 2 is 1.82 bits per heavy atom. The van der Waals surface area contributed by atoms with E-state index in [1.807, 2.05) is 24.3 Å². The van der Waals surface area contributed by atoms with Crippen LogP contribution in [0.5, 0.6) is 5.75 Å². The number of nitrogens with one attached hydrogen (secondary N) is 1. The molecule has 0 fully saturated rings. The third kappa shape index (κ3) is 7.41. The van der Waals surface area contributed by atoms with E-state index in [-0.39, 0.29) is 25.5 Å². The average Bonchev–Trinajstić information content (AvgIpc) is 3.36. The fourth-order valence-electron chi connectivity index (χ4n) is 4.17. The maximum absolute atomic E-state index is 15.7. The molecule has 210 valence electrons. The molecule has 1 N–H and O–H groups in total. The van der Waals surface area contributed by atoms with Gasteiger partial charge in [-0.05, 0) is 63.6 Å². The summed E-state index contributed by atoms with van der Waals surface area (Å²) in [5.74, 6) is -0.274. The molecule has 0 aliphatic heterocycles. The van der Waals surface area contributed by atoms with Crippen LogP contribution < -0.4 is 10.1 Å². The summed E-state index contributed by atoms with van der Waals surface area (Å²) in [5, 5.41) is 3.39. The van der Waals surface area contributed by atoms with Crippen LogP contribution in [0.15, 0.2) is 69.8 Å². The number of fused-ring (bicyclic) bond motifs is 1. The van der Waals surface area contributed by atoms with E-state index < -0.39 is 17.5 Å². The van der Waals surface area contributed by atoms with Gasteiger partial charge in [-0.3, -0.25) is 4.79 Å². The lowest BCUT2D eigenvalue weighted by atomic mass is 9.98. The summed E-state index contributed by atoms with van der Waals surface area (Å²) in [5.41, 5.74) is 2.54. The molecular formula is C31H31BrFNO6. The smallest absolute Gasteiger partial charge is 0.407 e. The summed E-state index contributed by atoms with van der Waals surface area (Å²) in [6.45, 7) is 7.47. The lowest BCUT2D eigenvalue weighted by molar-refractivity contribution is -0.142. The van der Waals surface area contributed by atoms with Crippen LogP contribution in [0, 0.1) is 5.82 Å². The predicted molar refractivity (Wildman–Crippen MR) is 153 cm³/mol. The number of halogens is 2. The largest absolute Gasteiger partial charge is 0.489 e. The van der Waals surface area contributed by atoms with Crippen LogP contribution in [-0.4, -0.2) is 24.3 Å². The van der Waals surface area contributed by atoms with Gasteiger partial charge in [0.05, 0.1) is 19.3 Å². The summed E-state index contributed by atoms with van der Waals surface area (Å²) in [6.07, 6.45) is 1.01. The van der Waals surface area contributed by atoms with Gasteiger partial charge in [-0.25, -0.2) is 9.18 Å². The second kappa shape index (κ2) is 12.6. The molecule has 7 nitrogen and oxygen atoms in total. The molecule has 0 atom stereocenters. The Morgan fingerprint density at radius 1 is 1.02 bits per heavy atom. The van der Waals surface area contributed by atoms with Gasteiger partial charge in [-0.2, -0.15) is 0 Å². The number of alkyl carbamates (subject to hydrolysis) is 1. The first-order valence-corrected chi connectivity index (χ1v) is 13.6. The Morgan fingerprint density at radius 3 is 2.58 bits per heavy atom. The van der Waals surface area contributed by atoms with Crippen LogP contribution in [0.25, 0.3) is 22.1 Å². The summed E-state index contributed by atoms with van der Waals surface area (Å²) in [4.78, 5) is 24.2. The third-order valence-electron chi connectivity index (χ3n) is 5.87. The second-order valence-corrected chi connectivity index (χ2v) is 11.1. The first-order valence-electron chi connectivity index (χ1n) is 12.9. The van der Waals surface area contributed by atoms with Gasteiger partial charge in [0, 0.05) is 38.7 Å². The number of benzene rings is 3. The molecular weight excluding hydrogens is 581 g/mol. The minimum Gasteiger partial charge on any atom is -0.489 e. The SMILES string of the molecule is CCOC(=O)Cc1ccc(Br)cc1OCc1cc(-c2cccc(CNC(=O)OC(C)(C)C)c2F)c2occc2c1. The van der Waals surface area contributed by atoms with Crippen molar-refractivity contribution in [3.8, 4) is 16.9 Å². The van der Waals surface area contributed by atoms with Crippen molar-refractivity contribution in [1.82, 2.24) is 5.32 Å². The van der Waals surface area contributed by atoms with Gasteiger partial charge in [0.2, 0.25) is 0 Å². The number of carbonyl (C=O) groups excluding carboxylic acids is 2. The van der Waals surface area contributed by atoms with Crippen molar-refractivity contribution in [2.24, 2.45) is 0 Å². The van der Waals surface area contributed by atoms with Crippen LogP contribution in [-0.2, 0) is 33.8 Å². The number of hydrogen-bond acceptors (Lipinski definition) is 6. The zero-order valence-electron chi connectivity index (χ0n) is 22.8. The molecule has 4 rings (SSSR count). The molecule has 1 amide bonds. The van der Waals surface area contributed by atoms with Crippen molar-refractivity contribution < 1.29 is 32.6 Å². The average molecular weight is 612 g/mol. The van der Waals surface area contributed by atoms with E-state index in [4.69, 9.17) is 18.6 Å². The molecule has 0 bridgehead atoms. The zero-order valence-corrected chi connectivity index (χ0v) is 24.4. The van der Waals surface area contributed by atoms with Crippen molar-refractivity contribution in [1.29, 1.82) is 0 Å². The van der Waals surface area contributed by atoms with Gasteiger partial charge >= 0.3 is 12.1 Å². The minimum absolute atomic E-state index is 0.0369. The predicted octanol–water partition coefficient (Wildman–Crippen LogP) is 7.71. The third-order valence-corrected chi connectivity index (χ3v) is 6.36. The van der Waals surface area contributed by atoms with E-state index in [1.54, 1.807) is 64.3 Å². The van der Waals surface area contributed by atoms with Crippen molar-refractivity contribution in [3.63, 3.8) is 0 Å². The number of ether oxygens (including phenoxy) is 3. The van der Waals surface area contributed by atoms with E-state index in [2.05, 4.69) is 21.2 Å². The highest BCUT2D eigenvalue weighted by atomic mass is 79.9. The van der Waals surface area contributed by atoms with Crippen LogP contribution in [0.3, 0.4) is 0 Å². The Kier molecular flexibility index (Phi) is 9.14. The highest BCUT2D eigenvalue weighted by molar-refractivity contribution is 9.10. The fraction of sp³-hybridized carbons (Fsp3) is 0.290. The molecule has 3 aromatic carbocycles. The van der Waals surface area contributed by atoms with E-state index in [9.17, 15) is 9.59 Å². The summed E-state index contributed by atoms with van der Waals surface area (Å²) in [6, 6.07) is 16.0. The molecule has 0 unspecified atom stereocenters. The Balaban J connectivity index is 1.60. The summed E-state index contributed by atoms with van der Waals surface area (Å²) >= 11 is 3.46. The van der Waals surface area contributed by atoms with Gasteiger partial charge in [-0.1, -0.05) is 40.2 Å². The molecule has 0 spiro atoms. The topological polar surface area (TPSA) is 87.0 Å². The van der Waals surface area contributed by atoms with Crippen LogP contribution in [0.1, 0.15) is 44.4 Å². The van der Waals surface area contributed by atoms with E-state index >= 15 is 4.39 Å². The maximum Gasteiger partial charge on any atom is 0.407 e. The van der Waals surface area contributed by atoms with Gasteiger partial charge in [0.25, 0.3) is 0 Å². The quantitative estimate of drug-likeness (QED) is 0.195. The van der Waals surface area contributed by atoms with Crippen LogP contribution >= 0.6 is 15.9 Å². The first-order chi connectivity index (χ1) is 19.0. The molecule has 9 heteroatoms. The Labute approximate surface area is 240 Å². The highest BCUT2D eigenvalue weighted by Crippen LogP contribution is 2.34. The first kappa shape index (κ1) is 29.1. The van der Waals surface area contributed by atoms with Crippen molar-refractivity contribution in [2.75, 3.05) is 6.61 Å². The molecule has 1 aromatic heterocycles. The Bertz CT molecular complexity index is 1520. The van der Waals surface area contributed by atoms with Gasteiger partial charge in [0.1, 0.15) is 29.4 Å². The van der Waals surface area contributed by atoms with Crippen molar-refractivity contribution in [2.45, 2.75) is 52.9 Å². The van der Waals surface area contributed by atoms with E-state index in [0.717, 1.165) is 15.4 Å². The van der Waals surface area contributed by atoms with Crippen LogP contribution in [0.4, 0.5) is 9.18 Å². The fourth-order valence-corrected chi connectivity index (χ4v) is 4.51. The van der Waals surface area contributed by atoms with Gasteiger partial charge in [0.15, 0.2) is 0 Å². The van der Waals surface area contributed by atoms with E-state index in [1.165, 1.54) is 0 Å². The molecule has 0 saturated carbocycles. The number of amides is 1. The lowest BCUT2D eigenvalue weighted by Crippen LogP contribution is -2.32. The number of furan rings is 1. The summed E-state index contributed by atoms with van der Waals surface area (Å²) < 4.78 is 38.7. The highest BCUT2D eigenvalue weighted by Gasteiger charge is 2.19. The van der Waals surface area contributed by atoms with Gasteiger partial charge in [-0.15, -0.1) is 0 Å². The molecule has 40 heavy (non-hydrogen) atoms. The molecule has 0 aliphatic rings. The minimum atomic E-state index is -0.659. The van der Waals surface area contributed by atoms with E-state index in [0.29, 0.717) is 40.2 Å². The standard InChI is InChI=1S/C31H31BrFNO6/c1-5-37-27(35)15-20-9-10-23(32)16-26(20)39-18-19-13-21-11-12-38-29(21)25(14-19)24-8-6-7-22(28(24)33)17-34-30(36)40-31(2,3)4/h6-14,16H,5,15,17-18H2,1-4H3,(H,34,36). The van der Waals surface area contributed by atoms with Crippen molar-refractivity contribution >= 4 is 39.0 Å². The zero-order chi connectivity index (χ0) is 28.9. The normalized spacial score (nSPS) is 11.3. The van der Waals surface area contributed by atoms with Gasteiger partial charge < -0.3 is 23.9 Å². The number of esters is 1. The Hall–Kier alpha value is -3.85. The molecule has 0 aliphatic carbocycles. The monoisotopic (exact) mass is 611 g/mol. The molecule has 0 radical (unpaired) electrons. The second-order valence-electron chi connectivity index (χ2n) is 10.1. The van der Waals surface area contributed by atoms with Crippen molar-refractivity contribution in [3.05, 3.63) is 87.8 Å². The molecule has 0 saturated heterocycles. The van der Waals surface area contributed by atoms with Crippen LogP contribution in [0.2, 0.25) is 0 Å². The molecule has 1 heterocycles. The number of hydrogen-bond donors (Lipinski definition) is 1. The number of carbonyl (C=O) groups is 2. The number of rotatable bonds is 9.